The number of rotatable bonds is 4. The number of hydrogen-bond donors (Lipinski definition) is 2. The van der Waals surface area contributed by atoms with Gasteiger partial charge in [-0.25, -0.2) is 4.98 Å². The number of benzene rings is 2. The average molecular weight is 317 g/mol. The lowest BCUT2D eigenvalue weighted by Gasteiger charge is -2.10. The van der Waals surface area contributed by atoms with Gasteiger partial charge < -0.3 is 9.97 Å². The second kappa shape index (κ2) is 5.82. The fourth-order valence-electron chi connectivity index (χ4n) is 3.38. The third-order valence-electron chi connectivity index (χ3n) is 4.91. The molecule has 1 atom stereocenters. The molecule has 122 valence electrons. The number of nitrogens with zero attached hydrogens (tertiary/aromatic N) is 1. The Kier molecular flexibility index (Phi) is 3.64. The molecule has 2 aromatic carbocycles. The minimum atomic E-state index is 0.448. The first-order chi connectivity index (χ1) is 11.6. The zero-order valence-electron chi connectivity index (χ0n) is 14.4. The maximum absolute atomic E-state index is 4.37. The van der Waals surface area contributed by atoms with Crippen LogP contribution in [0.4, 0.5) is 0 Å². The smallest absolute Gasteiger partial charge is 0.0931 e. The van der Waals surface area contributed by atoms with Crippen molar-refractivity contribution in [2.24, 2.45) is 0 Å². The van der Waals surface area contributed by atoms with E-state index >= 15 is 0 Å². The Morgan fingerprint density at radius 2 is 1.71 bits per heavy atom. The van der Waals surface area contributed by atoms with E-state index in [9.17, 15) is 0 Å². The number of H-pyrrole nitrogens is 2. The van der Waals surface area contributed by atoms with Crippen LogP contribution in [-0.2, 0) is 6.42 Å². The van der Waals surface area contributed by atoms with Crippen molar-refractivity contribution in [3.05, 3.63) is 65.6 Å². The van der Waals surface area contributed by atoms with Gasteiger partial charge in [0, 0.05) is 11.2 Å². The Morgan fingerprint density at radius 3 is 2.54 bits per heavy atom. The molecule has 4 rings (SSSR count). The van der Waals surface area contributed by atoms with Gasteiger partial charge in [0.2, 0.25) is 0 Å². The lowest BCUT2D eigenvalue weighted by Crippen LogP contribution is -1.98. The lowest BCUT2D eigenvalue weighted by atomic mass is 9.96. The van der Waals surface area contributed by atoms with Gasteiger partial charge in [-0.15, -0.1) is 0 Å². The van der Waals surface area contributed by atoms with Crippen LogP contribution in [0.2, 0.25) is 0 Å². The molecule has 0 bridgehead atoms. The molecule has 2 N–H and O–H groups in total. The van der Waals surface area contributed by atoms with E-state index in [1.54, 1.807) is 6.33 Å². The molecule has 0 saturated carbocycles. The van der Waals surface area contributed by atoms with Gasteiger partial charge in [-0.2, -0.15) is 0 Å². The molecule has 0 aliphatic heterocycles. The first kappa shape index (κ1) is 15.0. The van der Waals surface area contributed by atoms with Gasteiger partial charge in [-0.05, 0) is 65.1 Å². The number of aromatic amines is 2. The van der Waals surface area contributed by atoms with E-state index in [1.165, 1.54) is 27.7 Å². The Hall–Kier alpha value is -2.55. The summed E-state index contributed by atoms with van der Waals surface area (Å²) < 4.78 is 0. The first-order valence-corrected chi connectivity index (χ1v) is 8.65. The molecule has 0 fully saturated rings. The van der Waals surface area contributed by atoms with Crippen LogP contribution in [0.15, 0.2) is 48.8 Å². The molecule has 1 unspecified atom stereocenters. The molecule has 3 nitrogen and oxygen atoms in total. The maximum atomic E-state index is 4.37. The van der Waals surface area contributed by atoms with E-state index in [0.717, 1.165) is 17.5 Å². The van der Waals surface area contributed by atoms with Gasteiger partial charge in [0.05, 0.1) is 17.4 Å². The van der Waals surface area contributed by atoms with Crippen molar-refractivity contribution >= 4 is 21.9 Å². The molecule has 24 heavy (non-hydrogen) atoms. The Balaban J connectivity index is 1.60. The quantitative estimate of drug-likeness (QED) is 0.512. The normalized spacial score (nSPS) is 13.2. The average Bonchev–Trinajstić information content (AvgIpc) is 3.18. The van der Waals surface area contributed by atoms with Crippen LogP contribution in [0.1, 0.15) is 49.4 Å². The summed E-state index contributed by atoms with van der Waals surface area (Å²) in [5, 5.41) is 1.31. The Labute approximate surface area is 142 Å². The van der Waals surface area contributed by atoms with Gasteiger partial charge in [-0.3, -0.25) is 0 Å². The Bertz CT molecular complexity index is 991. The molecular weight excluding hydrogens is 294 g/mol. The summed E-state index contributed by atoms with van der Waals surface area (Å²) in [6.07, 6.45) is 2.75. The number of hydrogen-bond acceptors (Lipinski definition) is 1. The SMILES string of the molecule is CC(C)c1ccc2[nH]c(CC(C)c3ccc4[nH]cnc4c3)cc2c1. The molecule has 2 aromatic heterocycles. The van der Waals surface area contributed by atoms with Gasteiger partial charge in [0.1, 0.15) is 0 Å². The van der Waals surface area contributed by atoms with Crippen molar-refractivity contribution in [3.8, 4) is 0 Å². The lowest BCUT2D eigenvalue weighted by molar-refractivity contribution is 0.747. The van der Waals surface area contributed by atoms with Crippen molar-refractivity contribution < 1.29 is 0 Å². The van der Waals surface area contributed by atoms with E-state index in [2.05, 4.69) is 78.2 Å². The van der Waals surface area contributed by atoms with E-state index in [1.807, 2.05) is 0 Å². The van der Waals surface area contributed by atoms with Crippen LogP contribution in [0.5, 0.6) is 0 Å². The van der Waals surface area contributed by atoms with E-state index in [4.69, 9.17) is 0 Å². The second-order valence-electron chi connectivity index (χ2n) is 7.08. The monoisotopic (exact) mass is 317 g/mol. The van der Waals surface area contributed by atoms with Crippen LogP contribution in [0.3, 0.4) is 0 Å². The van der Waals surface area contributed by atoms with Crippen molar-refractivity contribution in [1.29, 1.82) is 0 Å². The fourth-order valence-corrected chi connectivity index (χ4v) is 3.38. The molecule has 0 aliphatic rings. The van der Waals surface area contributed by atoms with Crippen LogP contribution < -0.4 is 0 Å². The highest BCUT2D eigenvalue weighted by atomic mass is 14.9. The highest BCUT2D eigenvalue weighted by Gasteiger charge is 2.11. The summed E-state index contributed by atoms with van der Waals surface area (Å²) >= 11 is 0. The van der Waals surface area contributed by atoms with Crippen molar-refractivity contribution in [2.45, 2.75) is 39.0 Å². The zero-order valence-corrected chi connectivity index (χ0v) is 14.4. The predicted octanol–water partition coefficient (Wildman–Crippen LogP) is 5.51. The molecule has 0 saturated heterocycles. The van der Waals surface area contributed by atoms with Gasteiger partial charge in [0.15, 0.2) is 0 Å². The Morgan fingerprint density at radius 1 is 0.917 bits per heavy atom. The number of nitrogens with one attached hydrogen (secondary N) is 2. The number of fused-ring (bicyclic) bond motifs is 2. The van der Waals surface area contributed by atoms with Crippen molar-refractivity contribution in [3.63, 3.8) is 0 Å². The van der Waals surface area contributed by atoms with Gasteiger partial charge in [0.25, 0.3) is 0 Å². The molecule has 0 radical (unpaired) electrons. The third kappa shape index (κ3) is 2.71. The summed E-state index contributed by atoms with van der Waals surface area (Å²) in [4.78, 5) is 11.1. The molecule has 0 spiro atoms. The van der Waals surface area contributed by atoms with E-state index < -0.39 is 0 Å². The number of imidazole rings is 1. The number of aromatic nitrogens is 3. The minimum Gasteiger partial charge on any atom is -0.358 e. The van der Waals surface area contributed by atoms with Gasteiger partial charge in [-0.1, -0.05) is 32.9 Å². The summed E-state index contributed by atoms with van der Waals surface area (Å²) in [5.74, 6) is 1.01. The topological polar surface area (TPSA) is 44.5 Å². The highest BCUT2D eigenvalue weighted by molar-refractivity contribution is 5.81. The summed E-state index contributed by atoms with van der Waals surface area (Å²) in [6.45, 7) is 6.75. The predicted molar refractivity (Wildman–Crippen MR) is 101 cm³/mol. The van der Waals surface area contributed by atoms with Crippen LogP contribution in [-0.4, -0.2) is 15.0 Å². The summed E-state index contributed by atoms with van der Waals surface area (Å²) in [6, 6.07) is 15.5. The van der Waals surface area contributed by atoms with Crippen LogP contribution in [0.25, 0.3) is 21.9 Å². The third-order valence-corrected chi connectivity index (χ3v) is 4.91. The molecular formula is C21H23N3. The molecule has 0 aliphatic carbocycles. The first-order valence-electron chi connectivity index (χ1n) is 8.65. The molecule has 2 heterocycles. The molecule has 0 amide bonds. The second-order valence-corrected chi connectivity index (χ2v) is 7.08. The highest BCUT2D eigenvalue weighted by Crippen LogP contribution is 2.26. The standard InChI is InChI=1S/C21H23N3/c1-13(2)15-4-6-19-17(9-15)10-18(24-19)8-14(3)16-5-7-20-21(11-16)23-12-22-20/h4-7,9-14,24H,8H2,1-3H3,(H,22,23). The van der Waals surface area contributed by atoms with E-state index in [-0.39, 0.29) is 0 Å². The van der Waals surface area contributed by atoms with Crippen LogP contribution in [0, 0.1) is 0 Å². The van der Waals surface area contributed by atoms with Crippen molar-refractivity contribution in [1.82, 2.24) is 15.0 Å². The molecule has 4 aromatic rings. The summed E-state index contributed by atoms with van der Waals surface area (Å²) in [7, 11) is 0. The van der Waals surface area contributed by atoms with E-state index in [0.29, 0.717) is 11.8 Å². The van der Waals surface area contributed by atoms with Gasteiger partial charge >= 0.3 is 0 Å². The maximum Gasteiger partial charge on any atom is 0.0931 e. The minimum absolute atomic E-state index is 0.448. The fraction of sp³-hybridized carbons (Fsp3) is 0.286. The molecule has 3 heteroatoms. The largest absolute Gasteiger partial charge is 0.358 e. The zero-order chi connectivity index (χ0) is 16.7. The summed E-state index contributed by atoms with van der Waals surface area (Å²) in [5.41, 5.74) is 7.38. The van der Waals surface area contributed by atoms with Crippen LogP contribution >= 0.6 is 0 Å². The van der Waals surface area contributed by atoms with Crippen molar-refractivity contribution in [2.75, 3.05) is 0 Å².